The van der Waals surface area contributed by atoms with E-state index in [1.54, 1.807) is 0 Å². The zero-order valence-electron chi connectivity index (χ0n) is 13.0. The van der Waals surface area contributed by atoms with Gasteiger partial charge < -0.3 is 15.6 Å². The number of rotatable bonds is 6. The van der Waals surface area contributed by atoms with Crippen LogP contribution in [-0.4, -0.2) is 46.9 Å². The van der Waals surface area contributed by atoms with Gasteiger partial charge in [0.05, 0.1) is 0 Å². The highest BCUT2D eigenvalue weighted by atomic mass is 16.2. The summed E-state index contributed by atoms with van der Waals surface area (Å²) in [6.45, 7) is 3.50. The molecule has 1 aliphatic heterocycles. The molecule has 0 spiro atoms. The number of carbonyl (C=O) groups excluding carboxylic acids is 3. The predicted molar refractivity (Wildman–Crippen MR) is 89.2 cm³/mol. The van der Waals surface area contributed by atoms with Crippen molar-refractivity contribution in [1.82, 2.24) is 20.5 Å². The minimum Gasteiger partial charge on any atom is -0.361 e. The van der Waals surface area contributed by atoms with Gasteiger partial charge in [-0.3, -0.25) is 14.5 Å². The molecule has 4 amide bonds. The average molecular weight is 326 g/mol. The highest BCUT2D eigenvalue weighted by Gasteiger charge is 2.39. The van der Waals surface area contributed by atoms with E-state index in [1.165, 1.54) is 6.08 Å². The number of aromatic nitrogens is 1. The molecule has 0 radical (unpaired) electrons. The third-order valence-electron chi connectivity index (χ3n) is 3.95. The summed E-state index contributed by atoms with van der Waals surface area (Å²) >= 11 is 0. The van der Waals surface area contributed by atoms with E-state index in [9.17, 15) is 14.4 Å². The molecule has 0 saturated carbocycles. The molecule has 1 aromatic heterocycles. The van der Waals surface area contributed by atoms with E-state index < -0.39 is 18.0 Å². The zero-order chi connectivity index (χ0) is 17.1. The number of benzene rings is 1. The second-order valence-electron chi connectivity index (χ2n) is 5.58. The molecule has 24 heavy (non-hydrogen) atoms. The fraction of sp³-hybridized carbons (Fsp3) is 0.235. The molecule has 124 valence electrons. The smallest absolute Gasteiger partial charge is 0.325 e. The van der Waals surface area contributed by atoms with E-state index in [4.69, 9.17) is 0 Å². The van der Waals surface area contributed by atoms with Crippen LogP contribution in [0.1, 0.15) is 5.56 Å². The maximum absolute atomic E-state index is 12.4. The van der Waals surface area contributed by atoms with E-state index in [-0.39, 0.29) is 12.5 Å². The number of nitrogens with zero attached hydrogens (tertiary/aromatic N) is 1. The first-order valence-electron chi connectivity index (χ1n) is 7.64. The van der Waals surface area contributed by atoms with Crippen LogP contribution in [-0.2, 0) is 16.0 Å². The van der Waals surface area contributed by atoms with Gasteiger partial charge in [0.2, 0.25) is 5.91 Å². The number of carbonyl (C=O) groups is 3. The van der Waals surface area contributed by atoms with Gasteiger partial charge in [0.1, 0.15) is 12.6 Å². The normalized spacial score (nSPS) is 17.2. The first kappa shape index (κ1) is 15.8. The van der Waals surface area contributed by atoms with Gasteiger partial charge in [-0.2, -0.15) is 0 Å². The molecule has 1 atom stereocenters. The summed E-state index contributed by atoms with van der Waals surface area (Å²) in [4.78, 5) is 40.2. The Bertz CT molecular complexity index is 811. The number of amides is 4. The van der Waals surface area contributed by atoms with Crippen LogP contribution in [0.4, 0.5) is 4.79 Å². The Morgan fingerprint density at radius 2 is 2.12 bits per heavy atom. The van der Waals surface area contributed by atoms with Gasteiger partial charge in [-0.15, -0.1) is 6.58 Å². The summed E-state index contributed by atoms with van der Waals surface area (Å²) in [5.74, 6) is -0.787. The standard InChI is InChI=1S/C17H18N4O3/c1-2-7-18-15(22)10-21-16(23)14(20-17(21)24)8-11-9-19-13-6-4-3-5-12(11)13/h2-6,9,14,19H,1,7-8,10H2,(H,18,22)(H,20,24)/t14-/m1/s1. The molecule has 7 heteroatoms. The molecule has 1 saturated heterocycles. The lowest BCUT2D eigenvalue weighted by molar-refractivity contribution is -0.132. The fourth-order valence-corrected chi connectivity index (χ4v) is 2.77. The summed E-state index contributed by atoms with van der Waals surface area (Å²) in [6.07, 6.45) is 3.74. The monoisotopic (exact) mass is 326 g/mol. The lowest BCUT2D eigenvalue weighted by Crippen LogP contribution is -2.41. The molecule has 3 rings (SSSR count). The Labute approximate surface area is 138 Å². The number of nitrogens with one attached hydrogen (secondary N) is 3. The van der Waals surface area contributed by atoms with Gasteiger partial charge in [0.15, 0.2) is 0 Å². The van der Waals surface area contributed by atoms with Crippen molar-refractivity contribution in [2.24, 2.45) is 0 Å². The van der Waals surface area contributed by atoms with Crippen LogP contribution in [0.5, 0.6) is 0 Å². The van der Waals surface area contributed by atoms with Crippen LogP contribution >= 0.6 is 0 Å². The molecular weight excluding hydrogens is 308 g/mol. The van der Waals surface area contributed by atoms with Crippen molar-refractivity contribution in [3.05, 3.63) is 48.7 Å². The number of para-hydroxylation sites is 1. The number of hydrogen-bond acceptors (Lipinski definition) is 3. The summed E-state index contributed by atoms with van der Waals surface area (Å²) in [5, 5.41) is 6.21. The number of aromatic amines is 1. The van der Waals surface area contributed by atoms with Gasteiger partial charge in [0.25, 0.3) is 5.91 Å². The largest absolute Gasteiger partial charge is 0.361 e. The molecule has 0 unspecified atom stereocenters. The summed E-state index contributed by atoms with van der Waals surface area (Å²) in [7, 11) is 0. The zero-order valence-corrected chi connectivity index (χ0v) is 13.0. The molecule has 1 fully saturated rings. The van der Waals surface area contributed by atoms with Crippen molar-refractivity contribution < 1.29 is 14.4 Å². The van der Waals surface area contributed by atoms with Crippen molar-refractivity contribution in [2.45, 2.75) is 12.5 Å². The van der Waals surface area contributed by atoms with Gasteiger partial charge in [-0.05, 0) is 11.6 Å². The first-order chi connectivity index (χ1) is 11.6. The molecule has 2 heterocycles. The van der Waals surface area contributed by atoms with E-state index in [2.05, 4.69) is 22.2 Å². The Kier molecular flexibility index (Phi) is 4.33. The van der Waals surface area contributed by atoms with E-state index in [1.807, 2.05) is 30.5 Å². The van der Waals surface area contributed by atoms with Crippen molar-refractivity contribution in [1.29, 1.82) is 0 Å². The second-order valence-corrected chi connectivity index (χ2v) is 5.58. The number of urea groups is 1. The van der Waals surface area contributed by atoms with E-state index in [0.29, 0.717) is 13.0 Å². The topological polar surface area (TPSA) is 94.3 Å². The molecule has 1 aliphatic rings. The first-order valence-corrected chi connectivity index (χ1v) is 7.64. The minimum absolute atomic E-state index is 0.289. The molecule has 7 nitrogen and oxygen atoms in total. The maximum atomic E-state index is 12.4. The van der Waals surface area contributed by atoms with Crippen molar-refractivity contribution >= 4 is 28.7 Å². The van der Waals surface area contributed by atoms with Crippen molar-refractivity contribution in [3.8, 4) is 0 Å². The average Bonchev–Trinajstić information content (AvgIpc) is 3.10. The van der Waals surface area contributed by atoms with Crippen LogP contribution in [0.15, 0.2) is 43.1 Å². The number of imide groups is 1. The summed E-state index contributed by atoms with van der Waals surface area (Å²) in [6, 6.07) is 6.55. The molecule has 0 aliphatic carbocycles. The SMILES string of the molecule is C=CCNC(=O)CN1C(=O)N[C@H](Cc2c[nH]c3ccccc23)C1=O. The number of H-pyrrole nitrogens is 1. The molecular formula is C17H18N4O3. The number of hydrogen-bond donors (Lipinski definition) is 3. The lowest BCUT2D eigenvalue weighted by Gasteiger charge is -2.12. The van der Waals surface area contributed by atoms with Crippen LogP contribution in [0.25, 0.3) is 10.9 Å². The highest BCUT2D eigenvalue weighted by Crippen LogP contribution is 2.21. The maximum Gasteiger partial charge on any atom is 0.325 e. The Morgan fingerprint density at radius 3 is 2.92 bits per heavy atom. The minimum atomic E-state index is -0.663. The summed E-state index contributed by atoms with van der Waals surface area (Å²) < 4.78 is 0. The Morgan fingerprint density at radius 1 is 1.33 bits per heavy atom. The van der Waals surface area contributed by atoms with Gasteiger partial charge >= 0.3 is 6.03 Å². The molecule has 1 aromatic carbocycles. The van der Waals surface area contributed by atoms with E-state index >= 15 is 0 Å². The summed E-state index contributed by atoms with van der Waals surface area (Å²) in [5.41, 5.74) is 1.92. The van der Waals surface area contributed by atoms with E-state index in [0.717, 1.165) is 21.4 Å². The van der Waals surface area contributed by atoms with Crippen molar-refractivity contribution in [2.75, 3.05) is 13.1 Å². The van der Waals surface area contributed by atoms with Crippen LogP contribution in [0, 0.1) is 0 Å². The lowest BCUT2D eigenvalue weighted by atomic mass is 10.1. The molecule has 3 N–H and O–H groups in total. The quantitative estimate of drug-likeness (QED) is 0.544. The van der Waals surface area contributed by atoms with Crippen LogP contribution in [0.3, 0.4) is 0 Å². The molecule has 2 aromatic rings. The highest BCUT2D eigenvalue weighted by molar-refractivity contribution is 6.06. The predicted octanol–water partition coefficient (Wildman–Crippen LogP) is 0.933. The van der Waals surface area contributed by atoms with Gasteiger partial charge in [0, 0.05) is 30.1 Å². The third kappa shape index (κ3) is 3.01. The third-order valence-corrected chi connectivity index (χ3v) is 3.95. The van der Waals surface area contributed by atoms with Gasteiger partial charge in [-0.1, -0.05) is 24.3 Å². The Hall–Kier alpha value is -3.09. The second kappa shape index (κ2) is 6.57. The van der Waals surface area contributed by atoms with Crippen molar-refractivity contribution in [3.63, 3.8) is 0 Å². The Balaban J connectivity index is 1.69. The molecule has 0 bridgehead atoms. The number of fused-ring (bicyclic) bond motifs is 1. The van der Waals surface area contributed by atoms with Gasteiger partial charge in [-0.25, -0.2) is 4.79 Å². The van der Waals surface area contributed by atoms with Crippen LogP contribution < -0.4 is 10.6 Å². The van der Waals surface area contributed by atoms with Crippen LogP contribution in [0.2, 0.25) is 0 Å². The fourth-order valence-electron chi connectivity index (χ4n) is 2.77.